The van der Waals surface area contributed by atoms with Crippen LogP contribution in [0.15, 0.2) is 200 Å². The number of fused-ring (bicyclic) bond motifs is 16. The number of rotatable bonds is 1. The van der Waals surface area contributed by atoms with Crippen LogP contribution in [-0.4, -0.2) is 0 Å². The van der Waals surface area contributed by atoms with Crippen LogP contribution in [0.1, 0.15) is 103 Å². The van der Waals surface area contributed by atoms with Crippen LogP contribution in [0.25, 0.3) is 55.6 Å². The Hall–Kier alpha value is -7.02. The highest BCUT2D eigenvalue weighted by molar-refractivity contribution is 5.98. The van der Waals surface area contributed by atoms with Crippen molar-refractivity contribution >= 4 is 0 Å². The summed E-state index contributed by atoms with van der Waals surface area (Å²) in [5.74, 6) is 0. The minimum Gasteiger partial charge on any atom is -0.0683 e. The molecule has 66 heavy (non-hydrogen) atoms. The van der Waals surface area contributed by atoms with Gasteiger partial charge in [0.25, 0.3) is 0 Å². The van der Waals surface area contributed by atoms with E-state index < -0.39 is 0 Å². The molecule has 4 aliphatic rings. The van der Waals surface area contributed by atoms with Crippen molar-refractivity contribution in [1.82, 2.24) is 0 Å². The molecule has 0 saturated carbocycles. The lowest BCUT2D eigenvalue weighted by Gasteiger charge is -2.32. The third kappa shape index (κ3) is 6.40. The van der Waals surface area contributed by atoms with Gasteiger partial charge in [-0.15, -0.1) is 0 Å². The van der Waals surface area contributed by atoms with Gasteiger partial charge in [-0.05, 0) is 126 Å². The van der Waals surface area contributed by atoms with Crippen molar-refractivity contribution in [2.45, 2.75) is 78.6 Å². The number of aryl methyl sites for hydroxylation is 3. The average Bonchev–Trinajstić information content (AvgIpc) is 3.98. The van der Waals surface area contributed by atoms with Crippen molar-refractivity contribution < 1.29 is 0 Å². The second-order valence-corrected chi connectivity index (χ2v) is 19.4. The lowest BCUT2D eigenvalue weighted by Crippen LogP contribution is -2.26. The van der Waals surface area contributed by atoms with Gasteiger partial charge in [-0.2, -0.15) is 0 Å². The molecule has 0 N–H and O–H groups in total. The summed E-state index contributed by atoms with van der Waals surface area (Å²) in [4.78, 5) is 0. The minimum atomic E-state index is -0.291. The zero-order valence-corrected chi connectivity index (χ0v) is 40.1. The topological polar surface area (TPSA) is 0 Å². The van der Waals surface area contributed by atoms with Crippen LogP contribution in [0.5, 0.6) is 0 Å². The van der Waals surface area contributed by atoms with Crippen molar-refractivity contribution in [3.8, 4) is 55.6 Å². The summed E-state index contributed by atoms with van der Waals surface area (Å²) in [6, 6.07) is 73.8. The van der Waals surface area contributed by atoms with E-state index in [4.69, 9.17) is 0 Å². The zero-order valence-electron chi connectivity index (χ0n) is 40.1. The SMILES string of the molecule is CC.Cc1ccc(-c2cccc3c2C2(c4ccccc4-c4ccccc42)c2ccccc2-3)cc1.Cc1ccc2c(c1)C(C)(C)c1ccccc1-2.Cc1cccc2c1-c1ccccc1C2(C)C. The molecule has 0 saturated heterocycles. The summed E-state index contributed by atoms with van der Waals surface area (Å²) in [7, 11) is 0. The van der Waals surface area contributed by atoms with E-state index in [1.54, 1.807) is 0 Å². The van der Waals surface area contributed by atoms with E-state index >= 15 is 0 Å². The molecule has 0 aromatic heterocycles. The first-order valence-corrected chi connectivity index (χ1v) is 23.9. The Balaban J connectivity index is 0.000000126. The van der Waals surface area contributed by atoms with Gasteiger partial charge >= 0.3 is 0 Å². The quantitative estimate of drug-likeness (QED) is 0.154. The predicted molar refractivity (Wildman–Crippen MR) is 282 cm³/mol. The van der Waals surface area contributed by atoms with E-state index in [0.717, 1.165) is 0 Å². The molecule has 0 aliphatic heterocycles. The smallest absolute Gasteiger partial charge is 0.0683 e. The zero-order chi connectivity index (χ0) is 46.0. The summed E-state index contributed by atoms with van der Waals surface area (Å²) in [6.45, 7) is 19.8. The van der Waals surface area contributed by atoms with Gasteiger partial charge < -0.3 is 0 Å². The summed E-state index contributed by atoms with van der Waals surface area (Å²) < 4.78 is 0. The third-order valence-electron chi connectivity index (χ3n) is 14.9. The standard InChI is InChI=1S/C32H22.2C16H16.C2H6/c1-21-17-19-22(20-18-21)23-12-8-13-27-26-11-4-7-16-30(26)32(31(23)27)28-14-5-2-9-24(28)25-10-3-6-15-29(25)32;1-11-7-6-10-14-15(11)12-8-4-5-9-13(12)16(14,2)3;1-11-8-9-13-12-6-4-5-7-14(12)16(2,3)15(13)10-11;1-2/h2-20H,1H3;2*4-10H,1-3H3;1-2H3. The molecule has 0 amide bonds. The Morgan fingerprint density at radius 2 is 0.667 bits per heavy atom. The molecule has 9 aromatic rings. The van der Waals surface area contributed by atoms with Crippen LogP contribution in [0, 0.1) is 20.8 Å². The molecule has 1 spiro atoms. The molecular formula is C66H60. The van der Waals surface area contributed by atoms with Crippen LogP contribution in [0.2, 0.25) is 0 Å². The van der Waals surface area contributed by atoms with Crippen molar-refractivity contribution in [2.75, 3.05) is 0 Å². The highest BCUT2D eigenvalue weighted by Crippen LogP contribution is 2.64. The Kier molecular flexibility index (Phi) is 10.7. The van der Waals surface area contributed by atoms with Crippen LogP contribution in [-0.2, 0) is 16.2 Å². The number of hydrogen-bond acceptors (Lipinski definition) is 0. The van der Waals surface area contributed by atoms with Crippen LogP contribution >= 0.6 is 0 Å². The number of hydrogen-bond donors (Lipinski definition) is 0. The van der Waals surface area contributed by atoms with E-state index in [1.165, 1.54) is 117 Å². The Morgan fingerprint density at radius 1 is 0.288 bits per heavy atom. The highest BCUT2D eigenvalue weighted by atomic mass is 14.5. The fourth-order valence-corrected chi connectivity index (χ4v) is 11.9. The van der Waals surface area contributed by atoms with Crippen molar-refractivity contribution in [3.63, 3.8) is 0 Å². The summed E-state index contributed by atoms with van der Waals surface area (Å²) in [5, 5.41) is 0. The summed E-state index contributed by atoms with van der Waals surface area (Å²) in [5.41, 5.74) is 29.2. The molecule has 0 heterocycles. The second kappa shape index (κ2) is 16.4. The van der Waals surface area contributed by atoms with E-state index in [-0.39, 0.29) is 16.2 Å². The minimum absolute atomic E-state index is 0.151. The molecular weight excluding hydrogens is 793 g/mol. The molecule has 0 fully saturated rings. The fourth-order valence-electron chi connectivity index (χ4n) is 11.9. The van der Waals surface area contributed by atoms with Crippen molar-refractivity contribution in [1.29, 1.82) is 0 Å². The van der Waals surface area contributed by atoms with Crippen molar-refractivity contribution in [3.05, 3.63) is 261 Å². The molecule has 4 aliphatic carbocycles. The van der Waals surface area contributed by atoms with Gasteiger partial charge in [-0.3, -0.25) is 0 Å². The first-order chi connectivity index (χ1) is 32.0. The molecule has 9 aromatic carbocycles. The Bertz CT molecular complexity index is 3230. The largest absolute Gasteiger partial charge is 0.0731 e. The van der Waals surface area contributed by atoms with Gasteiger partial charge in [-0.25, -0.2) is 0 Å². The van der Waals surface area contributed by atoms with Crippen LogP contribution < -0.4 is 0 Å². The summed E-state index contributed by atoms with van der Waals surface area (Å²) >= 11 is 0. The first-order valence-electron chi connectivity index (χ1n) is 23.9. The van der Waals surface area contributed by atoms with E-state index in [9.17, 15) is 0 Å². The normalized spacial score (nSPS) is 14.5. The third-order valence-corrected chi connectivity index (χ3v) is 14.9. The predicted octanol–water partition coefficient (Wildman–Crippen LogP) is 17.6. The lowest BCUT2D eigenvalue weighted by molar-refractivity contribution is 0.659. The van der Waals surface area contributed by atoms with Gasteiger partial charge in [0.05, 0.1) is 5.41 Å². The molecule has 0 unspecified atom stereocenters. The highest BCUT2D eigenvalue weighted by Gasteiger charge is 2.52. The number of benzene rings is 9. The Labute approximate surface area is 393 Å². The van der Waals surface area contributed by atoms with Gasteiger partial charge in [0.2, 0.25) is 0 Å². The fraction of sp³-hybridized carbons (Fsp3) is 0.182. The maximum atomic E-state index is 2.34. The van der Waals surface area contributed by atoms with E-state index in [0.29, 0.717) is 0 Å². The van der Waals surface area contributed by atoms with Gasteiger partial charge in [-0.1, -0.05) is 253 Å². The molecule has 13 rings (SSSR count). The van der Waals surface area contributed by atoms with Gasteiger partial charge in [0, 0.05) is 10.8 Å². The lowest BCUT2D eigenvalue weighted by atomic mass is 9.68. The molecule has 0 radical (unpaired) electrons. The molecule has 324 valence electrons. The maximum Gasteiger partial charge on any atom is 0.0731 e. The monoisotopic (exact) mass is 852 g/mol. The van der Waals surface area contributed by atoms with E-state index in [2.05, 4.69) is 249 Å². The van der Waals surface area contributed by atoms with E-state index in [1.807, 2.05) is 13.8 Å². The Morgan fingerprint density at radius 3 is 1.24 bits per heavy atom. The average molecular weight is 853 g/mol. The van der Waals surface area contributed by atoms with Crippen molar-refractivity contribution in [2.24, 2.45) is 0 Å². The molecule has 0 atom stereocenters. The van der Waals surface area contributed by atoms with Crippen LogP contribution in [0.4, 0.5) is 0 Å². The molecule has 0 bridgehead atoms. The second-order valence-electron chi connectivity index (χ2n) is 19.4. The van der Waals surface area contributed by atoms with Gasteiger partial charge in [0.15, 0.2) is 0 Å². The molecule has 0 nitrogen and oxygen atoms in total. The maximum absolute atomic E-state index is 2.34. The van der Waals surface area contributed by atoms with Gasteiger partial charge in [0.1, 0.15) is 0 Å². The first kappa shape index (κ1) is 42.9. The van der Waals surface area contributed by atoms with Crippen LogP contribution in [0.3, 0.4) is 0 Å². The summed E-state index contributed by atoms with van der Waals surface area (Å²) in [6.07, 6.45) is 0. The molecule has 0 heteroatoms.